The van der Waals surface area contributed by atoms with Crippen molar-refractivity contribution in [2.24, 2.45) is 12.0 Å². The van der Waals surface area contributed by atoms with Gasteiger partial charge in [0.2, 0.25) is 0 Å². The molecule has 2 N–H and O–H groups in total. The van der Waals surface area contributed by atoms with Crippen LogP contribution >= 0.6 is 11.8 Å². The number of rotatable bonds is 4. The van der Waals surface area contributed by atoms with Crippen LogP contribution in [0, 0.1) is 0 Å². The number of aromatic amines is 1. The van der Waals surface area contributed by atoms with Crippen molar-refractivity contribution in [2.45, 2.75) is 4.90 Å². The fraction of sp³-hybridized carbons (Fsp3) is 0.200. The lowest BCUT2D eigenvalue weighted by molar-refractivity contribution is 0.601. The molecule has 0 aliphatic carbocycles. The molecule has 1 aliphatic rings. The van der Waals surface area contributed by atoms with E-state index in [0.29, 0.717) is 5.69 Å². The van der Waals surface area contributed by atoms with E-state index in [4.69, 9.17) is 0 Å². The van der Waals surface area contributed by atoms with Crippen LogP contribution in [0.25, 0.3) is 10.9 Å². The standard InChI is InChI=1S/C15H15N5O2S2/c1-20-9-11(8-17-20)24(21,22)19-12-4-2-3-10-7-13(18-14(10)12)15-16-5-6-23-15/h2-4,7-9,18-19H,5-6H2,1H3. The summed E-state index contributed by atoms with van der Waals surface area (Å²) >= 11 is 1.70. The smallest absolute Gasteiger partial charge is 0.265 e. The van der Waals surface area contributed by atoms with E-state index in [9.17, 15) is 8.42 Å². The van der Waals surface area contributed by atoms with Crippen molar-refractivity contribution in [2.75, 3.05) is 17.0 Å². The van der Waals surface area contributed by atoms with Crippen LogP contribution < -0.4 is 4.72 Å². The zero-order valence-electron chi connectivity index (χ0n) is 12.9. The summed E-state index contributed by atoms with van der Waals surface area (Å²) in [4.78, 5) is 7.87. The number of H-pyrrole nitrogens is 1. The van der Waals surface area contributed by atoms with Gasteiger partial charge in [-0.05, 0) is 12.1 Å². The van der Waals surface area contributed by atoms with Gasteiger partial charge in [-0.3, -0.25) is 14.4 Å². The molecule has 0 atom stereocenters. The van der Waals surface area contributed by atoms with Gasteiger partial charge >= 0.3 is 0 Å². The van der Waals surface area contributed by atoms with Crippen LogP contribution in [0.2, 0.25) is 0 Å². The average Bonchev–Trinajstić information content (AvgIpc) is 3.26. The summed E-state index contributed by atoms with van der Waals surface area (Å²) in [6, 6.07) is 7.50. The minimum Gasteiger partial charge on any atom is -0.351 e. The van der Waals surface area contributed by atoms with E-state index in [-0.39, 0.29) is 4.90 Å². The Bertz CT molecular complexity index is 1050. The maximum Gasteiger partial charge on any atom is 0.265 e. The summed E-state index contributed by atoms with van der Waals surface area (Å²) in [7, 11) is -2.00. The van der Waals surface area contributed by atoms with Crippen LogP contribution in [0.5, 0.6) is 0 Å². The number of hydrogen-bond acceptors (Lipinski definition) is 5. The van der Waals surface area contributed by atoms with Crippen LogP contribution in [0.1, 0.15) is 5.69 Å². The maximum atomic E-state index is 12.5. The second kappa shape index (κ2) is 5.67. The molecule has 3 heterocycles. The Morgan fingerprint density at radius 2 is 2.25 bits per heavy atom. The summed E-state index contributed by atoms with van der Waals surface area (Å²) in [6.45, 7) is 0.815. The number of sulfonamides is 1. The van der Waals surface area contributed by atoms with Gasteiger partial charge in [0.25, 0.3) is 10.0 Å². The Hall–Kier alpha value is -2.26. The molecular formula is C15H15N5O2S2. The molecule has 0 saturated carbocycles. The molecule has 7 nitrogen and oxygen atoms in total. The van der Waals surface area contributed by atoms with Gasteiger partial charge in [-0.25, -0.2) is 8.42 Å². The summed E-state index contributed by atoms with van der Waals surface area (Å²) in [5, 5.41) is 5.82. The van der Waals surface area contributed by atoms with Crippen molar-refractivity contribution in [3.63, 3.8) is 0 Å². The molecule has 0 amide bonds. The number of nitrogens with zero attached hydrogens (tertiary/aromatic N) is 3. The fourth-order valence-electron chi connectivity index (χ4n) is 2.60. The molecule has 1 aromatic carbocycles. The van der Waals surface area contributed by atoms with Gasteiger partial charge in [-0.1, -0.05) is 12.1 Å². The van der Waals surface area contributed by atoms with Gasteiger partial charge in [0.15, 0.2) is 0 Å². The molecule has 3 aromatic rings. The number of anilines is 1. The molecule has 4 rings (SSSR count). The third kappa shape index (κ3) is 2.69. The van der Waals surface area contributed by atoms with Gasteiger partial charge in [0.1, 0.15) is 9.94 Å². The van der Waals surface area contributed by atoms with Crippen LogP contribution in [-0.2, 0) is 17.1 Å². The second-order valence-corrected chi connectivity index (χ2v) is 8.21. The molecule has 0 unspecified atom stereocenters. The number of aryl methyl sites for hydroxylation is 1. The SMILES string of the molecule is Cn1cc(S(=O)(=O)Nc2cccc3cc(C4=NCCS4)[nH]c23)cn1. The van der Waals surface area contributed by atoms with Gasteiger partial charge in [0, 0.05) is 30.9 Å². The van der Waals surface area contributed by atoms with E-state index in [1.165, 1.54) is 17.1 Å². The van der Waals surface area contributed by atoms with Crippen molar-refractivity contribution in [1.82, 2.24) is 14.8 Å². The first-order chi connectivity index (χ1) is 11.5. The maximum absolute atomic E-state index is 12.5. The number of benzene rings is 1. The highest BCUT2D eigenvalue weighted by molar-refractivity contribution is 8.14. The molecule has 0 fully saturated rings. The van der Waals surface area contributed by atoms with Crippen LogP contribution in [0.15, 0.2) is 46.5 Å². The third-order valence-corrected chi connectivity index (χ3v) is 6.04. The first-order valence-corrected chi connectivity index (χ1v) is 9.81. The van der Waals surface area contributed by atoms with Crippen LogP contribution in [-0.4, -0.2) is 40.5 Å². The Kier molecular flexibility index (Phi) is 3.61. The van der Waals surface area contributed by atoms with Gasteiger partial charge < -0.3 is 4.98 Å². The minimum atomic E-state index is -3.68. The van der Waals surface area contributed by atoms with E-state index in [1.54, 1.807) is 24.9 Å². The predicted octanol–water partition coefficient (Wildman–Crippen LogP) is 2.20. The Balaban J connectivity index is 1.74. The average molecular weight is 361 g/mol. The van der Waals surface area contributed by atoms with Crippen molar-refractivity contribution in [1.29, 1.82) is 0 Å². The molecule has 0 spiro atoms. The number of thioether (sulfide) groups is 1. The molecule has 0 saturated heterocycles. The zero-order valence-corrected chi connectivity index (χ0v) is 14.5. The number of aromatic nitrogens is 3. The normalized spacial score (nSPS) is 15.0. The van der Waals surface area contributed by atoms with Crippen molar-refractivity contribution in [3.05, 3.63) is 42.4 Å². The highest BCUT2D eigenvalue weighted by Crippen LogP contribution is 2.28. The second-order valence-electron chi connectivity index (χ2n) is 5.44. The van der Waals surface area contributed by atoms with Crippen molar-refractivity contribution >= 4 is 43.4 Å². The Morgan fingerprint density at radius 3 is 2.96 bits per heavy atom. The van der Waals surface area contributed by atoms with E-state index < -0.39 is 10.0 Å². The zero-order chi connectivity index (χ0) is 16.7. The molecule has 0 bridgehead atoms. The summed E-state index contributed by atoms with van der Waals surface area (Å²) in [6.07, 6.45) is 2.79. The molecular weight excluding hydrogens is 346 g/mol. The molecule has 0 radical (unpaired) electrons. The molecule has 124 valence electrons. The van der Waals surface area contributed by atoms with E-state index in [0.717, 1.165) is 33.9 Å². The van der Waals surface area contributed by atoms with Crippen LogP contribution in [0.3, 0.4) is 0 Å². The van der Waals surface area contributed by atoms with Crippen molar-refractivity contribution in [3.8, 4) is 0 Å². The largest absolute Gasteiger partial charge is 0.351 e. The summed E-state index contributed by atoms with van der Waals surface area (Å²) < 4.78 is 29.1. The quantitative estimate of drug-likeness (QED) is 0.745. The van der Waals surface area contributed by atoms with Crippen molar-refractivity contribution < 1.29 is 8.42 Å². The molecule has 1 aliphatic heterocycles. The molecule has 2 aromatic heterocycles. The van der Waals surface area contributed by atoms with E-state index in [1.807, 2.05) is 18.2 Å². The lowest BCUT2D eigenvalue weighted by Crippen LogP contribution is -2.12. The summed E-state index contributed by atoms with van der Waals surface area (Å²) in [5.41, 5.74) is 2.17. The Labute approximate surface area is 143 Å². The van der Waals surface area contributed by atoms with Gasteiger partial charge in [-0.15, -0.1) is 11.8 Å². The topological polar surface area (TPSA) is 92.1 Å². The minimum absolute atomic E-state index is 0.129. The number of aliphatic imine (C=N–C) groups is 1. The monoisotopic (exact) mass is 361 g/mol. The first-order valence-electron chi connectivity index (χ1n) is 7.34. The molecule has 9 heteroatoms. The van der Waals surface area contributed by atoms with Gasteiger partial charge in [-0.2, -0.15) is 5.10 Å². The highest BCUT2D eigenvalue weighted by Gasteiger charge is 2.19. The number of hydrogen-bond donors (Lipinski definition) is 2. The number of nitrogens with one attached hydrogen (secondary N) is 2. The lowest BCUT2D eigenvalue weighted by Gasteiger charge is -2.07. The lowest BCUT2D eigenvalue weighted by atomic mass is 10.2. The van der Waals surface area contributed by atoms with E-state index in [2.05, 4.69) is 19.8 Å². The first kappa shape index (κ1) is 15.3. The van der Waals surface area contributed by atoms with E-state index >= 15 is 0 Å². The molecule has 24 heavy (non-hydrogen) atoms. The Morgan fingerprint density at radius 1 is 1.38 bits per heavy atom. The van der Waals surface area contributed by atoms with Crippen LogP contribution in [0.4, 0.5) is 5.69 Å². The van der Waals surface area contributed by atoms with Gasteiger partial charge in [0.05, 0.1) is 23.1 Å². The predicted molar refractivity (Wildman–Crippen MR) is 96.2 cm³/mol. The third-order valence-electron chi connectivity index (χ3n) is 3.71. The number of fused-ring (bicyclic) bond motifs is 1. The number of para-hydroxylation sites is 1. The highest BCUT2D eigenvalue weighted by atomic mass is 32.2. The fourth-order valence-corrected chi connectivity index (χ4v) is 4.47. The summed E-state index contributed by atoms with van der Waals surface area (Å²) in [5.74, 6) is 0.977.